The van der Waals surface area contributed by atoms with Gasteiger partial charge in [-0.15, -0.1) is 11.3 Å². The number of benzene rings is 1. The summed E-state index contributed by atoms with van der Waals surface area (Å²) in [7, 11) is -4.26. The Labute approximate surface area is 234 Å². The van der Waals surface area contributed by atoms with Crippen LogP contribution in [-0.2, 0) is 21.0 Å². The molecule has 1 atom stereocenters. The van der Waals surface area contributed by atoms with E-state index in [1.807, 2.05) is 6.92 Å². The maximum atomic E-state index is 13.7. The summed E-state index contributed by atoms with van der Waals surface area (Å²) in [6, 6.07) is 3.92. The van der Waals surface area contributed by atoms with Crippen molar-refractivity contribution in [2.75, 3.05) is 11.9 Å². The van der Waals surface area contributed by atoms with Gasteiger partial charge in [-0.1, -0.05) is 12.2 Å². The van der Waals surface area contributed by atoms with E-state index in [2.05, 4.69) is 30.0 Å². The van der Waals surface area contributed by atoms with Crippen molar-refractivity contribution in [3.63, 3.8) is 0 Å². The van der Waals surface area contributed by atoms with Crippen LogP contribution in [0.15, 0.2) is 58.4 Å². The highest BCUT2D eigenvalue weighted by molar-refractivity contribution is 7.91. The zero-order valence-electron chi connectivity index (χ0n) is 21.1. The number of nitrogens with zero attached hydrogens (tertiary/aromatic N) is 5. The maximum Gasteiger partial charge on any atom is 0.451 e. The zero-order valence-corrected chi connectivity index (χ0v) is 22.8. The molecule has 0 radical (unpaired) electrons. The molecule has 1 saturated carbocycles. The van der Waals surface area contributed by atoms with Gasteiger partial charge in [0, 0.05) is 6.04 Å². The number of nitrogens with one attached hydrogen (secondary N) is 2. The smallest absolute Gasteiger partial charge is 0.451 e. The highest BCUT2D eigenvalue weighted by Gasteiger charge is 2.38. The number of aromatic nitrogens is 5. The number of carbonyl (C=O) groups excluding carboxylic acids is 1. The van der Waals surface area contributed by atoms with Crippen molar-refractivity contribution in [1.82, 2.24) is 29.2 Å². The summed E-state index contributed by atoms with van der Waals surface area (Å²) in [6.45, 7) is 2.27. The largest absolute Gasteiger partial charge is 0.494 e. The molecule has 0 amide bonds. The fourth-order valence-electron chi connectivity index (χ4n) is 4.25. The molecule has 2 aliphatic carbocycles. The van der Waals surface area contributed by atoms with Crippen LogP contribution in [-0.4, -0.2) is 51.5 Å². The number of hydrogen-bond acceptors (Lipinski definition) is 10. The second-order valence-electron chi connectivity index (χ2n) is 9.21. The lowest BCUT2D eigenvalue weighted by Gasteiger charge is -2.22. The Hall–Kier alpha value is -4.27. The zero-order chi connectivity index (χ0) is 28.9. The molecule has 41 heavy (non-hydrogen) atoms. The van der Waals surface area contributed by atoms with Crippen molar-refractivity contribution in [2.24, 2.45) is 0 Å². The van der Waals surface area contributed by atoms with Crippen LogP contribution in [0, 0.1) is 0 Å². The summed E-state index contributed by atoms with van der Waals surface area (Å²) < 4.78 is 76.9. The normalized spacial score (nSPS) is 17.5. The fourth-order valence-corrected chi connectivity index (χ4v) is 6.58. The number of alkyl halides is 3. The summed E-state index contributed by atoms with van der Waals surface area (Å²) in [5.74, 6) is 0.864. The number of sulfonamides is 1. The summed E-state index contributed by atoms with van der Waals surface area (Å²) in [5.41, 5.74) is 0.0458. The Morgan fingerprint density at radius 1 is 1.22 bits per heavy atom. The molecule has 2 N–H and O–H groups in total. The lowest BCUT2D eigenvalue weighted by atomic mass is 10.0. The third kappa shape index (κ3) is 5.16. The summed E-state index contributed by atoms with van der Waals surface area (Å²) >= 11 is 0.917. The Bertz CT molecular complexity index is 1900. The van der Waals surface area contributed by atoms with Crippen molar-refractivity contribution >= 4 is 54.5 Å². The fraction of sp³-hybridized carbons (Fsp3) is 0.280. The molecule has 3 heterocycles. The molecule has 0 aliphatic heterocycles. The van der Waals surface area contributed by atoms with Gasteiger partial charge in [-0.2, -0.15) is 21.6 Å². The lowest BCUT2D eigenvalue weighted by Crippen LogP contribution is -2.28. The molecule has 1 unspecified atom stereocenters. The van der Waals surface area contributed by atoms with Crippen LogP contribution in [0.5, 0.6) is 5.75 Å². The van der Waals surface area contributed by atoms with Crippen molar-refractivity contribution in [3.8, 4) is 5.75 Å². The van der Waals surface area contributed by atoms with E-state index < -0.39 is 28.1 Å². The van der Waals surface area contributed by atoms with Gasteiger partial charge >= 0.3 is 6.18 Å². The van der Waals surface area contributed by atoms with Gasteiger partial charge in [0.05, 0.1) is 40.5 Å². The molecule has 6 rings (SSSR count). The molecule has 1 aromatic carbocycles. The number of ether oxygens (including phenoxy) is 1. The summed E-state index contributed by atoms with van der Waals surface area (Å²) in [5, 5.41) is 2.95. The average molecular weight is 604 g/mol. The Morgan fingerprint density at radius 2 is 2.02 bits per heavy atom. The average Bonchev–Trinajstić information content (AvgIpc) is 3.46. The van der Waals surface area contributed by atoms with Gasteiger partial charge in [-0.3, -0.25) is 4.72 Å². The maximum absolute atomic E-state index is 13.7. The molecular formula is C25H20F3N7O4S2. The third-order valence-electron chi connectivity index (χ3n) is 6.27. The Balaban J connectivity index is 1.34. The number of imidazole rings is 1. The van der Waals surface area contributed by atoms with Crippen molar-refractivity contribution in [2.45, 2.75) is 42.4 Å². The molecule has 2 aliphatic rings. The molecule has 212 valence electrons. The minimum atomic E-state index is -4.84. The standard InChI is InChI=1S/C25H20F3N7O4S2/c1-2-39-14-8-9-17-19(10-14)40-24(31-17)41(37,38)34-16-4-3-5-18(15(16)11-36)35-12-29-20-21(30-13-6-7-13)32-23(25(26,27)28)33-22(20)35/h3-5,8-10,12-13,18,34H,2,6-7H2,1H3,(H,30,32,33). The molecule has 0 spiro atoms. The number of anilines is 1. The predicted octanol–water partition coefficient (Wildman–Crippen LogP) is 4.16. The van der Waals surface area contributed by atoms with Crippen LogP contribution < -0.4 is 14.8 Å². The van der Waals surface area contributed by atoms with Gasteiger partial charge in [-0.25, -0.2) is 24.7 Å². The van der Waals surface area contributed by atoms with Crippen molar-refractivity contribution in [1.29, 1.82) is 0 Å². The number of halogens is 3. The van der Waals surface area contributed by atoms with E-state index in [-0.39, 0.29) is 38.6 Å². The summed E-state index contributed by atoms with van der Waals surface area (Å²) in [4.78, 5) is 27.9. The second-order valence-corrected chi connectivity index (χ2v) is 12.1. The van der Waals surface area contributed by atoms with Gasteiger partial charge in [0.2, 0.25) is 10.2 Å². The van der Waals surface area contributed by atoms with Crippen LogP contribution in [0.1, 0.15) is 31.6 Å². The highest BCUT2D eigenvalue weighted by atomic mass is 32.2. The molecular weight excluding hydrogens is 583 g/mol. The Morgan fingerprint density at radius 3 is 2.73 bits per heavy atom. The van der Waals surface area contributed by atoms with Gasteiger partial charge in [-0.05, 0) is 44.0 Å². The van der Waals surface area contributed by atoms with E-state index in [1.165, 1.54) is 29.1 Å². The topological polar surface area (TPSA) is 141 Å². The molecule has 4 aromatic rings. The highest BCUT2D eigenvalue weighted by Crippen LogP contribution is 2.36. The first-order chi connectivity index (χ1) is 19.6. The van der Waals surface area contributed by atoms with E-state index in [4.69, 9.17) is 4.74 Å². The van der Waals surface area contributed by atoms with Crippen LogP contribution in [0.3, 0.4) is 0 Å². The lowest BCUT2D eigenvalue weighted by molar-refractivity contribution is -0.144. The molecule has 1 fully saturated rings. The van der Waals surface area contributed by atoms with E-state index in [9.17, 15) is 26.4 Å². The van der Waals surface area contributed by atoms with Gasteiger partial charge in [0.25, 0.3) is 10.0 Å². The molecule has 0 saturated heterocycles. The van der Waals surface area contributed by atoms with Crippen LogP contribution >= 0.6 is 11.3 Å². The molecule has 0 bridgehead atoms. The first kappa shape index (κ1) is 26.9. The van der Waals surface area contributed by atoms with Gasteiger partial charge in [0.1, 0.15) is 17.2 Å². The van der Waals surface area contributed by atoms with E-state index in [0.29, 0.717) is 22.6 Å². The van der Waals surface area contributed by atoms with E-state index in [0.717, 1.165) is 24.2 Å². The SMILES string of the molecule is CCOc1ccc2nc(S(=O)(=O)NC3=CC=CC(n4cnc5c(NC6CC6)nc(C(F)(F)F)nc54)C3=C=O)sc2c1. The van der Waals surface area contributed by atoms with Crippen LogP contribution in [0.25, 0.3) is 21.4 Å². The number of allylic oxidation sites excluding steroid dienone is 4. The Kier molecular flexibility index (Phi) is 6.55. The quantitative estimate of drug-likeness (QED) is 0.284. The van der Waals surface area contributed by atoms with Gasteiger partial charge < -0.3 is 14.6 Å². The molecule has 16 heteroatoms. The second kappa shape index (κ2) is 9.98. The molecule has 11 nitrogen and oxygen atoms in total. The molecule has 3 aromatic heterocycles. The monoisotopic (exact) mass is 603 g/mol. The first-order valence-corrected chi connectivity index (χ1v) is 14.7. The van der Waals surface area contributed by atoms with Crippen molar-refractivity contribution < 1.29 is 31.1 Å². The minimum absolute atomic E-state index is 0.0171. The van der Waals surface area contributed by atoms with E-state index >= 15 is 0 Å². The first-order valence-electron chi connectivity index (χ1n) is 12.4. The van der Waals surface area contributed by atoms with Crippen LogP contribution in [0.4, 0.5) is 19.0 Å². The predicted molar refractivity (Wildman–Crippen MR) is 144 cm³/mol. The minimum Gasteiger partial charge on any atom is -0.494 e. The summed E-state index contributed by atoms with van der Waals surface area (Å²) in [6.07, 6.45) is 2.28. The number of fused-ring (bicyclic) bond motifs is 2. The van der Waals surface area contributed by atoms with Crippen molar-refractivity contribution in [3.05, 3.63) is 59.8 Å². The number of thiazole rings is 1. The van der Waals surface area contributed by atoms with Gasteiger partial charge in [0.15, 0.2) is 11.5 Å². The third-order valence-corrected chi connectivity index (χ3v) is 9.03. The van der Waals surface area contributed by atoms with Crippen LogP contribution in [0.2, 0.25) is 0 Å². The number of rotatable bonds is 8. The number of hydrogen-bond donors (Lipinski definition) is 2. The van der Waals surface area contributed by atoms with E-state index in [1.54, 1.807) is 24.1 Å².